The van der Waals surface area contributed by atoms with Crippen LogP contribution in [0.15, 0.2) is 52.3 Å². The second-order valence-corrected chi connectivity index (χ2v) is 11.7. The Morgan fingerprint density at radius 3 is 2.50 bits per heavy atom. The van der Waals surface area contributed by atoms with Gasteiger partial charge < -0.3 is 20.4 Å². The molecule has 2 aromatic rings. The summed E-state index contributed by atoms with van der Waals surface area (Å²) in [5.74, 6) is -1.17. The van der Waals surface area contributed by atoms with Crippen LogP contribution >= 0.6 is 11.8 Å². The Kier molecular flexibility index (Phi) is 8.54. The molecule has 1 aliphatic rings. The summed E-state index contributed by atoms with van der Waals surface area (Å²) < 4.78 is 27.6. The molecule has 0 saturated heterocycles. The van der Waals surface area contributed by atoms with Crippen molar-refractivity contribution < 1.29 is 23.4 Å². The van der Waals surface area contributed by atoms with E-state index in [-0.39, 0.29) is 10.6 Å². The normalized spacial score (nSPS) is 20.3. The smallest absolute Gasteiger partial charge is 0.328 e. The first-order valence-corrected chi connectivity index (χ1v) is 14.5. The number of para-hydroxylation sites is 1. The van der Waals surface area contributed by atoms with Gasteiger partial charge >= 0.3 is 5.97 Å². The number of thioether (sulfide) groups is 1. The highest BCUT2D eigenvalue weighted by Crippen LogP contribution is 2.46. The number of rotatable bonds is 10. The number of aliphatic hydroxyl groups is 1. The summed E-state index contributed by atoms with van der Waals surface area (Å²) in [5, 5.41) is 21.7. The van der Waals surface area contributed by atoms with E-state index >= 15 is 0 Å². The van der Waals surface area contributed by atoms with E-state index < -0.39 is 33.9 Å². The minimum absolute atomic E-state index is 0.0350. The van der Waals surface area contributed by atoms with Crippen LogP contribution in [-0.4, -0.2) is 55.8 Å². The van der Waals surface area contributed by atoms with Gasteiger partial charge in [-0.15, -0.1) is 11.8 Å². The molecule has 0 saturated carbocycles. The first kappa shape index (κ1) is 26.4. The zero-order chi connectivity index (χ0) is 24.9. The summed E-state index contributed by atoms with van der Waals surface area (Å²) in [7, 11) is -3.68. The maximum atomic E-state index is 13.8. The third-order valence-corrected chi connectivity index (χ3v) is 9.35. The van der Waals surface area contributed by atoms with Gasteiger partial charge in [-0.3, -0.25) is 0 Å². The first-order valence-electron chi connectivity index (χ1n) is 11.6. The highest BCUT2D eigenvalue weighted by atomic mass is 32.2. The van der Waals surface area contributed by atoms with Crippen molar-refractivity contribution in [1.82, 2.24) is 0 Å². The average Bonchev–Trinajstić information content (AvgIpc) is 2.93. The minimum Gasteiger partial charge on any atom is -0.480 e. The Hall–Kier alpha value is -2.23. The monoisotopic (exact) mass is 506 g/mol. The quantitative estimate of drug-likeness (QED) is 0.395. The van der Waals surface area contributed by atoms with Gasteiger partial charge in [-0.25, -0.2) is 13.2 Å². The van der Waals surface area contributed by atoms with E-state index in [2.05, 4.69) is 24.1 Å². The van der Waals surface area contributed by atoms with Gasteiger partial charge in [0.2, 0.25) is 0 Å². The molecule has 0 aromatic heterocycles. The predicted octanol–water partition coefficient (Wildman–Crippen LogP) is 4.78. The van der Waals surface area contributed by atoms with Crippen LogP contribution < -0.4 is 10.2 Å². The predicted molar refractivity (Wildman–Crippen MR) is 138 cm³/mol. The summed E-state index contributed by atoms with van der Waals surface area (Å²) in [6.45, 7) is 4.14. The number of carboxylic acid groups (broad SMARTS) is 1. The van der Waals surface area contributed by atoms with Gasteiger partial charge in [0.25, 0.3) is 0 Å². The van der Waals surface area contributed by atoms with Crippen LogP contribution in [0, 0.1) is 5.41 Å². The summed E-state index contributed by atoms with van der Waals surface area (Å²) in [5.41, 5.74) is 1.50. The van der Waals surface area contributed by atoms with Crippen molar-refractivity contribution in [2.75, 3.05) is 35.4 Å². The molecule has 0 spiro atoms. The van der Waals surface area contributed by atoms with Crippen molar-refractivity contribution >= 4 is 44.6 Å². The van der Waals surface area contributed by atoms with E-state index in [9.17, 15) is 23.4 Å². The summed E-state index contributed by atoms with van der Waals surface area (Å²) in [6, 6.07) is 11.9. The molecule has 0 aliphatic carbocycles. The molecule has 0 radical (unpaired) electrons. The molecule has 9 heteroatoms. The van der Waals surface area contributed by atoms with Crippen molar-refractivity contribution in [1.29, 1.82) is 0 Å². The third-order valence-electron chi connectivity index (χ3n) is 6.59. The van der Waals surface area contributed by atoms with E-state index in [1.54, 1.807) is 6.07 Å². The van der Waals surface area contributed by atoms with Crippen LogP contribution in [0.4, 0.5) is 17.1 Å². The summed E-state index contributed by atoms with van der Waals surface area (Å²) in [4.78, 5) is 14.5. The van der Waals surface area contributed by atoms with Gasteiger partial charge in [-0.2, -0.15) is 0 Å². The third kappa shape index (κ3) is 5.53. The Balaban J connectivity index is 2.24. The van der Waals surface area contributed by atoms with E-state index in [4.69, 9.17) is 0 Å². The van der Waals surface area contributed by atoms with Crippen LogP contribution in [0.1, 0.15) is 39.5 Å². The van der Waals surface area contributed by atoms with Gasteiger partial charge in [-0.05, 0) is 43.4 Å². The van der Waals surface area contributed by atoms with E-state index in [1.165, 1.54) is 11.8 Å². The zero-order valence-corrected chi connectivity index (χ0v) is 21.6. The second-order valence-electron chi connectivity index (χ2n) is 8.88. The molecule has 2 aromatic carbocycles. The number of aliphatic hydroxyl groups excluding tert-OH is 1. The molecule has 7 nitrogen and oxygen atoms in total. The lowest BCUT2D eigenvalue weighted by molar-refractivity contribution is -0.138. The number of carboxylic acids is 1. The van der Waals surface area contributed by atoms with Crippen molar-refractivity contribution in [2.45, 2.75) is 55.4 Å². The largest absolute Gasteiger partial charge is 0.480 e. The maximum Gasteiger partial charge on any atom is 0.328 e. The molecule has 0 amide bonds. The van der Waals surface area contributed by atoms with Gasteiger partial charge in [0.15, 0.2) is 9.84 Å². The number of nitrogens with one attached hydrogen (secondary N) is 1. The molecule has 0 unspecified atom stereocenters. The van der Waals surface area contributed by atoms with Crippen molar-refractivity contribution in [3.05, 3.63) is 42.5 Å². The lowest BCUT2D eigenvalue weighted by atomic mass is 9.81. The molecule has 34 heavy (non-hydrogen) atoms. The molecule has 2 atom stereocenters. The highest BCUT2D eigenvalue weighted by Gasteiger charge is 2.42. The Bertz CT molecular complexity index is 1110. The van der Waals surface area contributed by atoms with E-state index in [1.807, 2.05) is 42.7 Å². The number of anilines is 3. The fraction of sp³-hybridized carbons (Fsp3) is 0.480. The van der Waals surface area contributed by atoms with Crippen LogP contribution in [0.3, 0.4) is 0 Å². The van der Waals surface area contributed by atoms with E-state index in [0.29, 0.717) is 22.8 Å². The Morgan fingerprint density at radius 1 is 1.24 bits per heavy atom. The molecule has 0 bridgehead atoms. The van der Waals surface area contributed by atoms with Gasteiger partial charge in [0.1, 0.15) is 6.04 Å². The minimum atomic E-state index is -3.68. The number of fused-ring (bicyclic) bond motifs is 1. The molecular weight excluding hydrogens is 472 g/mol. The molecule has 3 N–H and O–H groups in total. The number of aliphatic carboxylic acids is 1. The second kappa shape index (κ2) is 11.0. The van der Waals surface area contributed by atoms with Gasteiger partial charge in [-0.1, -0.05) is 44.9 Å². The van der Waals surface area contributed by atoms with Gasteiger partial charge in [0.05, 0.1) is 22.9 Å². The Labute approximate surface area is 206 Å². The Morgan fingerprint density at radius 2 is 1.94 bits per heavy atom. The standard InChI is InChI=1S/C25H34N2O5S2/c1-4-6-12-25(5-2)16-27(18-10-8-7-9-11-18)21-14-22(33-3)19(26-20(15-28)24(29)30)13-23(21)34(31,32)17-25/h7-11,13-14,20,26,28H,4-6,12,15-17H2,1-3H3,(H,29,30)/t20-,25-/m1/s1. The lowest BCUT2D eigenvalue weighted by Gasteiger charge is -2.36. The summed E-state index contributed by atoms with van der Waals surface area (Å²) >= 11 is 1.40. The fourth-order valence-electron chi connectivity index (χ4n) is 4.54. The maximum absolute atomic E-state index is 13.8. The lowest BCUT2D eigenvalue weighted by Crippen LogP contribution is -2.37. The van der Waals surface area contributed by atoms with Crippen LogP contribution in [-0.2, 0) is 14.6 Å². The number of unbranched alkanes of at least 4 members (excludes halogenated alkanes) is 1. The van der Waals surface area contributed by atoms with Gasteiger partial charge in [0, 0.05) is 28.2 Å². The molecule has 3 rings (SSSR count). The fourth-order valence-corrected chi connectivity index (χ4v) is 7.30. The van der Waals surface area contributed by atoms with Crippen LogP contribution in [0.2, 0.25) is 0 Å². The molecule has 0 fully saturated rings. The first-order chi connectivity index (χ1) is 16.2. The number of hydrogen-bond donors (Lipinski definition) is 3. The number of sulfone groups is 1. The van der Waals surface area contributed by atoms with Crippen molar-refractivity contribution in [2.24, 2.45) is 5.41 Å². The van der Waals surface area contributed by atoms with Crippen molar-refractivity contribution in [3.8, 4) is 0 Å². The number of nitrogens with zero attached hydrogens (tertiary/aromatic N) is 1. The number of benzene rings is 2. The number of hydrogen-bond acceptors (Lipinski definition) is 7. The van der Waals surface area contributed by atoms with Crippen LogP contribution in [0.25, 0.3) is 0 Å². The van der Waals surface area contributed by atoms with Crippen LogP contribution in [0.5, 0.6) is 0 Å². The highest BCUT2D eigenvalue weighted by molar-refractivity contribution is 7.98. The van der Waals surface area contributed by atoms with E-state index in [0.717, 1.165) is 31.4 Å². The molecule has 1 heterocycles. The summed E-state index contributed by atoms with van der Waals surface area (Å²) in [6.07, 6.45) is 5.33. The number of carbonyl (C=O) groups is 1. The SMILES string of the molecule is CCCC[C@]1(CC)CN(c2ccccc2)c2cc(SC)c(N[C@H](CO)C(=O)O)cc2S(=O)(=O)C1. The van der Waals surface area contributed by atoms with Crippen molar-refractivity contribution in [3.63, 3.8) is 0 Å². The average molecular weight is 507 g/mol. The topological polar surface area (TPSA) is 107 Å². The zero-order valence-electron chi connectivity index (χ0n) is 20.0. The molecule has 186 valence electrons. The molecular formula is C25H34N2O5S2. The molecule has 1 aliphatic heterocycles.